The summed E-state index contributed by atoms with van der Waals surface area (Å²) in [5.41, 5.74) is 1.73. The number of rotatable bonds is 2. The molecule has 0 spiro atoms. The molecule has 3 rings (SSSR count). The number of fused-ring (bicyclic) bond motifs is 1. The fraction of sp³-hybridized carbons (Fsp3) is 0.333. The summed E-state index contributed by atoms with van der Waals surface area (Å²) >= 11 is 0. The van der Waals surface area contributed by atoms with E-state index in [0.29, 0.717) is 13.1 Å². The summed E-state index contributed by atoms with van der Waals surface area (Å²) in [7, 11) is 1.62. The van der Waals surface area contributed by atoms with Gasteiger partial charge in [-0.25, -0.2) is 5.01 Å². The minimum absolute atomic E-state index is 0.0511. The van der Waals surface area contributed by atoms with E-state index < -0.39 is 0 Å². The lowest BCUT2D eigenvalue weighted by molar-refractivity contribution is -0.119. The van der Waals surface area contributed by atoms with E-state index in [9.17, 15) is 4.79 Å². The van der Waals surface area contributed by atoms with Gasteiger partial charge >= 0.3 is 0 Å². The number of hydrogen-bond donors (Lipinski definition) is 1. The Morgan fingerprint density at radius 3 is 2.82 bits per heavy atom. The predicted octanol–water partition coefficient (Wildman–Crippen LogP) is 0.617. The highest BCUT2D eigenvalue weighted by molar-refractivity contribution is 6.17. The van der Waals surface area contributed by atoms with E-state index in [4.69, 9.17) is 4.74 Å². The quantitative estimate of drug-likeness (QED) is 0.811. The van der Waals surface area contributed by atoms with Crippen LogP contribution in [0.1, 0.15) is 0 Å². The number of hydrazone groups is 1. The Bertz CT molecular complexity index is 481. The first kappa shape index (κ1) is 10.3. The molecule has 2 heterocycles. The van der Waals surface area contributed by atoms with Crippen LogP contribution in [-0.2, 0) is 4.79 Å². The predicted molar refractivity (Wildman–Crippen MR) is 64.3 cm³/mol. The van der Waals surface area contributed by atoms with Gasteiger partial charge in [-0.15, -0.1) is 0 Å². The van der Waals surface area contributed by atoms with Crippen LogP contribution < -0.4 is 15.1 Å². The lowest BCUT2D eigenvalue weighted by Gasteiger charge is -2.14. The van der Waals surface area contributed by atoms with Gasteiger partial charge < -0.3 is 10.1 Å². The minimum atomic E-state index is -0.0721. The first-order valence-electron chi connectivity index (χ1n) is 5.55. The first-order chi connectivity index (χ1) is 8.29. The molecular formula is C12H13N3O2. The van der Waals surface area contributed by atoms with Crippen molar-refractivity contribution >= 4 is 17.3 Å². The molecular weight excluding hydrogens is 218 g/mol. The normalized spacial score (nSPS) is 22.6. The topological polar surface area (TPSA) is 53.9 Å². The summed E-state index contributed by atoms with van der Waals surface area (Å²) in [6.07, 6.45) is 0. The van der Waals surface area contributed by atoms with Crippen molar-refractivity contribution in [1.82, 2.24) is 5.32 Å². The van der Waals surface area contributed by atoms with Gasteiger partial charge in [-0.1, -0.05) is 0 Å². The second kappa shape index (κ2) is 3.85. The molecule has 0 radical (unpaired) electrons. The van der Waals surface area contributed by atoms with Crippen molar-refractivity contribution in [3.63, 3.8) is 0 Å². The molecule has 1 amide bonds. The van der Waals surface area contributed by atoms with Gasteiger partial charge in [0.25, 0.3) is 5.91 Å². The maximum absolute atomic E-state index is 12.1. The van der Waals surface area contributed by atoms with E-state index in [1.54, 1.807) is 7.11 Å². The summed E-state index contributed by atoms with van der Waals surface area (Å²) in [5.74, 6) is 0.752. The number of nitrogens with zero attached hydrogens (tertiary/aromatic N) is 2. The molecule has 0 aromatic heterocycles. The Hall–Kier alpha value is -1.88. The fourth-order valence-corrected chi connectivity index (χ4v) is 2.15. The van der Waals surface area contributed by atoms with E-state index >= 15 is 0 Å². The average Bonchev–Trinajstić information content (AvgIpc) is 2.93. The maximum Gasteiger partial charge on any atom is 0.257 e. The highest BCUT2D eigenvalue weighted by Gasteiger charge is 2.39. The lowest BCUT2D eigenvalue weighted by Crippen LogP contribution is -2.28. The molecule has 88 valence electrons. The molecule has 1 aromatic carbocycles. The molecule has 1 fully saturated rings. The van der Waals surface area contributed by atoms with Gasteiger partial charge in [-0.2, -0.15) is 5.10 Å². The van der Waals surface area contributed by atoms with Crippen LogP contribution in [0.25, 0.3) is 0 Å². The molecule has 17 heavy (non-hydrogen) atoms. The van der Waals surface area contributed by atoms with E-state index in [0.717, 1.165) is 17.1 Å². The Kier molecular flexibility index (Phi) is 2.33. The van der Waals surface area contributed by atoms with E-state index in [1.807, 2.05) is 24.3 Å². The minimum Gasteiger partial charge on any atom is -0.497 e. The zero-order valence-corrected chi connectivity index (χ0v) is 9.51. The molecule has 0 aliphatic carbocycles. The Morgan fingerprint density at radius 1 is 1.41 bits per heavy atom. The van der Waals surface area contributed by atoms with Crippen molar-refractivity contribution in [3.8, 4) is 5.75 Å². The van der Waals surface area contributed by atoms with Crippen molar-refractivity contribution in [3.05, 3.63) is 24.3 Å². The van der Waals surface area contributed by atoms with Crippen molar-refractivity contribution in [2.45, 2.75) is 0 Å². The molecule has 0 bridgehead atoms. The fourth-order valence-electron chi connectivity index (χ4n) is 2.15. The van der Waals surface area contributed by atoms with Crippen LogP contribution >= 0.6 is 0 Å². The van der Waals surface area contributed by atoms with Crippen molar-refractivity contribution < 1.29 is 9.53 Å². The number of hydrogen-bond acceptors (Lipinski definition) is 4. The van der Waals surface area contributed by atoms with Crippen molar-refractivity contribution in [1.29, 1.82) is 0 Å². The summed E-state index contributed by atoms with van der Waals surface area (Å²) < 4.78 is 5.08. The number of methoxy groups -OCH3 is 1. The standard InChI is InChI=1S/C12H13N3O2/c1-17-9-4-2-8(3-5-9)15-12(16)10-6-13-7-11(10)14-15/h2-5,10,13H,6-7H2,1H3. The van der Waals surface area contributed by atoms with Gasteiger partial charge in [0.1, 0.15) is 5.75 Å². The maximum atomic E-state index is 12.1. The highest BCUT2D eigenvalue weighted by Crippen LogP contribution is 2.26. The molecule has 1 aromatic rings. The van der Waals surface area contributed by atoms with Gasteiger partial charge in [-0.3, -0.25) is 4.79 Å². The first-order valence-corrected chi connectivity index (χ1v) is 5.55. The Morgan fingerprint density at radius 2 is 2.18 bits per heavy atom. The summed E-state index contributed by atoms with van der Waals surface area (Å²) in [6, 6.07) is 7.34. The number of benzene rings is 1. The Labute approximate surface area is 99.1 Å². The lowest BCUT2D eigenvalue weighted by atomic mass is 10.1. The zero-order chi connectivity index (χ0) is 11.8. The van der Waals surface area contributed by atoms with Crippen LogP contribution in [0.4, 0.5) is 5.69 Å². The number of carbonyl (C=O) groups is 1. The number of nitrogens with one attached hydrogen (secondary N) is 1. The molecule has 0 saturated carbocycles. The van der Waals surface area contributed by atoms with Gasteiger partial charge in [0, 0.05) is 13.1 Å². The molecule has 5 nitrogen and oxygen atoms in total. The van der Waals surface area contributed by atoms with Gasteiger partial charge in [0.2, 0.25) is 0 Å². The highest BCUT2D eigenvalue weighted by atomic mass is 16.5. The summed E-state index contributed by atoms with van der Waals surface area (Å²) in [4.78, 5) is 12.1. The van der Waals surface area contributed by atoms with Gasteiger partial charge in [0.15, 0.2) is 0 Å². The molecule has 5 heteroatoms. The third-order valence-electron chi connectivity index (χ3n) is 3.11. The van der Waals surface area contributed by atoms with Crippen molar-refractivity contribution in [2.75, 3.05) is 25.2 Å². The van der Waals surface area contributed by atoms with Crippen LogP contribution in [0, 0.1) is 5.92 Å². The number of carbonyl (C=O) groups excluding carboxylic acids is 1. The number of amides is 1. The third kappa shape index (κ3) is 1.59. The second-order valence-corrected chi connectivity index (χ2v) is 4.12. The number of ether oxygens (including phenoxy) is 1. The van der Waals surface area contributed by atoms with E-state index in [2.05, 4.69) is 10.4 Å². The van der Waals surface area contributed by atoms with Crippen molar-refractivity contribution in [2.24, 2.45) is 11.0 Å². The molecule has 1 unspecified atom stereocenters. The largest absolute Gasteiger partial charge is 0.497 e. The molecule has 2 aliphatic heterocycles. The Balaban J connectivity index is 1.89. The third-order valence-corrected chi connectivity index (χ3v) is 3.11. The summed E-state index contributed by atoms with van der Waals surface area (Å²) in [5, 5.41) is 8.99. The molecule has 2 aliphatic rings. The SMILES string of the molecule is COc1ccc(N2N=C3CNCC3C2=O)cc1. The average molecular weight is 231 g/mol. The monoisotopic (exact) mass is 231 g/mol. The van der Waals surface area contributed by atoms with Gasteiger partial charge in [-0.05, 0) is 24.3 Å². The van der Waals surface area contributed by atoms with Crippen LogP contribution in [0.15, 0.2) is 29.4 Å². The molecule has 1 N–H and O–H groups in total. The van der Waals surface area contributed by atoms with Crippen LogP contribution in [0.2, 0.25) is 0 Å². The summed E-state index contributed by atoms with van der Waals surface area (Å²) in [6.45, 7) is 1.41. The van der Waals surface area contributed by atoms with E-state index in [-0.39, 0.29) is 11.8 Å². The second-order valence-electron chi connectivity index (χ2n) is 4.12. The van der Waals surface area contributed by atoms with Crippen LogP contribution in [0.3, 0.4) is 0 Å². The number of anilines is 1. The van der Waals surface area contributed by atoms with Crippen LogP contribution in [0.5, 0.6) is 5.75 Å². The molecule has 1 atom stereocenters. The zero-order valence-electron chi connectivity index (χ0n) is 9.51. The molecule has 1 saturated heterocycles. The van der Waals surface area contributed by atoms with E-state index in [1.165, 1.54) is 5.01 Å². The van der Waals surface area contributed by atoms with Crippen LogP contribution in [-0.4, -0.2) is 31.8 Å². The smallest absolute Gasteiger partial charge is 0.257 e. The van der Waals surface area contributed by atoms with Gasteiger partial charge in [0.05, 0.1) is 24.4 Å².